The van der Waals surface area contributed by atoms with E-state index in [1.54, 1.807) is 0 Å². The Morgan fingerprint density at radius 1 is 1.33 bits per heavy atom. The van der Waals surface area contributed by atoms with Gasteiger partial charge in [-0.1, -0.05) is 6.92 Å². The predicted molar refractivity (Wildman–Crippen MR) is 71.8 cm³/mol. The van der Waals surface area contributed by atoms with E-state index >= 15 is 0 Å². The largest absolute Gasteiger partial charge is 0.352 e. The van der Waals surface area contributed by atoms with Crippen molar-refractivity contribution in [2.24, 2.45) is 5.92 Å². The Kier molecular flexibility index (Phi) is 5.16. The Labute approximate surface area is 112 Å². The number of hydrogen-bond acceptors (Lipinski definition) is 3. The van der Waals surface area contributed by atoms with Gasteiger partial charge in [0.05, 0.1) is 4.90 Å². The van der Waals surface area contributed by atoms with Gasteiger partial charge in [0.15, 0.2) is 9.84 Å². The van der Waals surface area contributed by atoms with Crippen LogP contribution in [0.4, 0.5) is 0 Å². The Morgan fingerprint density at radius 2 is 1.89 bits per heavy atom. The lowest BCUT2D eigenvalue weighted by molar-refractivity contribution is 0.0949. The quantitative estimate of drug-likeness (QED) is 0.839. The number of rotatable bonds is 5. The summed E-state index contributed by atoms with van der Waals surface area (Å²) in [6, 6.07) is 5.85. The molecule has 0 radical (unpaired) electrons. The van der Waals surface area contributed by atoms with Crippen molar-refractivity contribution in [1.29, 1.82) is 0 Å². The van der Waals surface area contributed by atoms with Crippen LogP contribution in [0.5, 0.6) is 0 Å². The van der Waals surface area contributed by atoms with Gasteiger partial charge in [-0.2, -0.15) is 0 Å². The van der Waals surface area contributed by atoms with Crippen LogP contribution in [0.3, 0.4) is 0 Å². The highest BCUT2D eigenvalue weighted by molar-refractivity contribution is 7.90. The number of amides is 1. The van der Waals surface area contributed by atoms with Crippen LogP contribution in [0.1, 0.15) is 17.3 Å². The van der Waals surface area contributed by atoms with Gasteiger partial charge in [-0.05, 0) is 30.2 Å². The fourth-order valence-electron chi connectivity index (χ4n) is 1.28. The van der Waals surface area contributed by atoms with Crippen molar-refractivity contribution in [1.82, 2.24) is 5.32 Å². The first kappa shape index (κ1) is 15.0. The Morgan fingerprint density at radius 3 is 2.33 bits per heavy atom. The van der Waals surface area contributed by atoms with Crippen molar-refractivity contribution >= 4 is 27.3 Å². The van der Waals surface area contributed by atoms with Gasteiger partial charge in [0.25, 0.3) is 5.91 Å². The van der Waals surface area contributed by atoms with Gasteiger partial charge in [0.2, 0.25) is 0 Å². The van der Waals surface area contributed by atoms with Crippen molar-refractivity contribution < 1.29 is 13.2 Å². The zero-order valence-corrected chi connectivity index (χ0v) is 11.9. The minimum Gasteiger partial charge on any atom is -0.352 e. The molecule has 6 heteroatoms. The maximum Gasteiger partial charge on any atom is 0.251 e. The SMILES string of the molecule is CC(CCl)CNC(=O)c1ccc(S(C)(=O)=O)cc1. The summed E-state index contributed by atoms with van der Waals surface area (Å²) < 4.78 is 22.5. The molecule has 0 heterocycles. The molecule has 1 N–H and O–H groups in total. The monoisotopic (exact) mass is 289 g/mol. The molecule has 0 bridgehead atoms. The maximum absolute atomic E-state index is 11.7. The average Bonchev–Trinajstić information content (AvgIpc) is 2.34. The first-order chi connectivity index (χ1) is 8.34. The zero-order valence-electron chi connectivity index (χ0n) is 10.3. The summed E-state index contributed by atoms with van der Waals surface area (Å²) in [6.07, 6.45) is 1.13. The molecule has 1 aromatic carbocycles. The number of nitrogens with one attached hydrogen (secondary N) is 1. The zero-order chi connectivity index (χ0) is 13.8. The third-order valence-electron chi connectivity index (χ3n) is 2.42. The van der Waals surface area contributed by atoms with Gasteiger partial charge < -0.3 is 5.32 Å². The lowest BCUT2D eigenvalue weighted by atomic mass is 10.2. The average molecular weight is 290 g/mol. The number of alkyl halides is 1. The van der Waals surface area contributed by atoms with Gasteiger partial charge in [0, 0.05) is 24.2 Å². The molecular weight excluding hydrogens is 274 g/mol. The fraction of sp³-hybridized carbons (Fsp3) is 0.417. The minimum absolute atomic E-state index is 0.200. The first-order valence-electron chi connectivity index (χ1n) is 5.49. The first-order valence-corrected chi connectivity index (χ1v) is 7.91. The number of carbonyl (C=O) groups is 1. The van der Waals surface area contributed by atoms with E-state index in [2.05, 4.69) is 5.32 Å². The second-order valence-electron chi connectivity index (χ2n) is 4.27. The van der Waals surface area contributed by atoms with E-state index in [9.17, 15) is 13.2 Å². The molecule has 1 aromatic rings. The Balaban J connectivity index is 2.71. The molecule has 1 amide bonds. The fourth-order valence-corrected chi connectivity index (χ4v) is 2.02. The third-order valence-corrected chi connectivity index (χ3v) is 4.07. The van der Waals surface area contributed by atoms with Gasteiger partial charge >= 0.3 is 0 Å². The van der Waals surface area contributed by atoms with Crippen LogP contribution in [0, 0.1) is 5.92 Å². The van der Waals surface area contributed by atoms with Crippen molar-refractivity contribution in [3.8, 4) is 0 Å². The molecule has 0 saturated heterocycles. The molecule has 1 unspecified atom stereocenters. The van der Waals surface area contributed by atoms with Crippen molar-refractivity contribution in [2.75, 3.05) is 18.7 Å². The molecule has 1 rings (SSSR count). The summed E-state index contributed by atoms with van der Waals surface area (Å²) >= 11 is 5.63. The summed E-state index contributed by atoms with van der Waals surface area (Å²) in [5.41, 5.74) is 0.434. The lowest BCUT2D eigenvalue weighted by Crippen LogP contribution is -2.28. The van der Waals surface area contributed by atoms with Crippen LogP contribution in [-0.4, -0.2) is 33.0 Å². The molecule has 100 valence electrons. The van der Waals surface area contributed by atoms with Crippen LogP contribution in [0.15, 0.2) is 29.2 Å². The second-order valence-corrected chi connectivity index (χ2v) is 6.59. The highest BCUT2D eigenvalue weighted by atomic mass is 35.5. The standard InChI is InChI=1S/C12H16ClNO3S/c1-9(7-13)8-14-12(15)10-3-5-11(6-4-10)18(2,16)17/h3-6,9H,7-8H2,1-2H3,(H,14,15). The van der Waals surface area contributed by atoms with Crippen LogP contribution in [-0.2, 0) is 9.84 Å². The van der Waals surface area contributed by atoms with E-state index in [-0.39, 0.29) is 16.7 Å². The Bertz CT molecular complexity index is 511. The molecule has 0 spiro atoms. The van der Waals surface area contributed by atoms with Crippen LogP contribution >= 0.6 is 11.6 Å². The Hall–Kier alpha value is -1.07. The number of sulfone groups is 1. The molecule has 1 atom stereocenters. The highest BCUT2D eigenvalue weighted by Crippen LogP contribution is 2.10. The molecule has 0 aliphatic heterocycles. The van der Waals surface area contributed by atoms with Gasteiger partial charge in [0.1, 0.15) is 0 Å². The van der Waals surface area contributed by atoms with E-state index < -0.39 is 9.84 Å². The molecule has 18 heavy (non-hydrogen) atoms. The number of hydrogen-bond donors (Lipinski definition) is 1. The number of benzene rings is 1. The predicted octanol–water partition coefficient (Wildman–Crippen LogP) is 1.69. The van der Waals surface area contributed by atoms with E-state index in [4.69, 9.17) is 11.6 Å². The molecule has 0 aliphatic rings. The van der Waals surface area contributed by atoms with Gasteiger partial charge in [-0.25, -0.2) is 8.42 Å². The van der Waals surface area contributed by atoms with Crippen molar-refractivity contribution in [3.63, 3.8) is 0 Å². The van der Waals surface area contributed by atoms with Crippen LogP contribution in [0.2, 0.25) is 0 Å². The van der Waals surface area contributed by atoms with Gasteiger partial charge in [-0.3, -0.25) is 4.79 Å². The molecule has 0 aromatic heterocycles. The normalized spacial score (nSPS) is 13.1. The molecule has 4 nitrogen and oxygen atoms in total. The number of halogens is 1. The van der Waals surface area contributed by atoms with Crippen LogP contribution < -0.4 is 5.32 Å². The lowest BCUT2D eigenvalue weighted by Gasteiger charge is -2.09. The van der Waals surface area contributed by atoms with E-state index in [1.165, 1.54) is 24.3 Å². The van der Waals surface area contributed by atoms with Crippen LogP contribution in [0.25, 0.3) is 0 Å². The maximum atomic E-state index is 11.7. The third kappa shape index (κ3) is 4.31. The summed E-state index contributed by atoms with van der Waals surface area (Å²) in [4.78, 5) is 11.9. The van der Waals surface area contributed by atoms with E-state index in [0.29, 0.717) is 18.0 Å². The summed E-state index contributed by atoms with van der Waals surface area (Å²) in [6.45, 7) is 2.43. The summed E-state index contributed by atoms with van der Waals surface area (Å²) in [5, 5.41) is 2.74. The molecule has 0 saturated carbocycles. The molecule has 0 fully saturated rings. The minimum atomic E-state index is -3.22. The van der Waals surface area contributed by atoms with E-state index in [0.717, 1.165) is 6.26 Å². The second kappa shape index (κ2) is 6.20. The molecular formula is C12H16ClNO3S. The van der Waals surface area contributed by atoms with E-state index in [1.807, 2.05) is 6.92 Å². The topological polar surface area (TPSA) is 63.2 Å². The smallest absolute Gasteiger partial charge is 0.251 e. The number of carbonyl (C=O) groups excluding carboxylic acids is 1. The summed E-state index contributed by atoms with van der Waals surface area (Å²) in [5.74, 6) is 0.450. The van der Waals surface area contributed by atoms with Crippen molar-refractivity contribution in [2.45, 2.75) is 11.8 Å². The molecule has 0 aliphatic carbocycles. The van der Waals surface area contributed by atoms with Gasteiger partial charge in [-0.15, -0.1) is 11.6 Å². The highest BCUT2D eigenvalue weighted by Gasteiger charge is 2.10. The van der Waals surface area contributed by atoms with Crippen molar-refractivity contribution in [3.05, 3.63) is 29.8 Å². The summed E-state index contributed by atoms with van der Waals surface area (Å²) in [7, 11) is -3.22.